The van der Waals surface area contributed by atoms with Crippen molar-refractivity contribution >= 4 is 27.7 Å². The number of rotatable bonds is 2. The van der Waals surface area contributed by atoms with Gasteiger partial charge in [0.25, 0.3) is 0 Å². The highest BCUT2D eigenvalue weighted by Crippen LogP contribution is 2.17. The number of halogens is 1. The second kappa shape index (κ2) is 3.70. The van der Waals surface area contributed by atoms with E-state index < -0.39 is 5.97 Å². The van der Waals surface area contributed by atoms with E-state index in [9.17, 15) is 9.59 Å². The van der Waals surface area contributed by atoms with E-state index in [-0.39, 0.29) is 16.9 Å². The Bertz CT molecular complexity index is 371. The molecule has 1 rings (SSSR count). The summed E-state index contributed by atoms with van der Waals surface area (Å²) in [5.74, 6) is -1.34. The topological polar surface area (TPSA) is 54.4 Å². The minimum absolute atomic E-state index is 0.0377. The first-order chi connectivity index (χ1) is 6.02. The third-order valence-electron chi connectivity index (χ3n) is 1.59. The van der Waals surface area contributed by atoms with Gasteiger partial charge in [0.15, 0.2) is 5.78 Å². The number of Topliss-reactive ketones (excluding diaryl/α,β-unsaturated/α-hetero) is 1. The predicted octanol–water partition coefficient (Wildman–Crippen LogP) is 2.35. The summed E-state index contributed by atoms with van der Waals surface area (Å²) in [5.41, 5.74) is 0.262. The van der Waals surface area contributed by atoms with E-state index in [1.165, 1.54) is 19.1 Å². The summed E-state index contributed by atoms with van der Waals surface area (Å²) in [4.78, 5) is 21.7. The van der Waals surface area contributed by atoms with E-state index >= 15 is 0 Å². The Morgan fingerprint density at radius 3 is 2.38 bits per heavy atom. The summed E-state index contributed by atoms with van der Waals surface area (Å²) in [5, 5.41) is 8.74. The first-order valence-corrected chi connectivity index (χ1v) is 4.35. The molecule has 0 heterocycles. The number of benzene rings is 1. The average Bonchev–Trinajstić information content (AvgIpc) is 2.03. The second-order valence-electron chi connectivity index (χ2n) is 2.55. The van der Waals surface area contributed by atoms with Crippen molar-refractivity contribution in [1.82, 2.24) is 0 Å². The van der Waals surface area contributed by atoms with Crippen LogP contribution in [0.5, 0.6) is 0 Å². The molecule has 0 saturated heterocycles. The molecular formula is C9H7BrO3. The van der Waals surface area contributed by atoms with Crippen molar-refractivity contribution in [3.05, 3.63) is 33.8 Å². The Morgan fingerprint density at radius 1 is 1.31 bits per heavy atom. The summed E-state index contributed by atoms with van der Waals surface area (Å²) in [6, 6.07) is 4.50. The molecule has 0 saturated carbocycles. The summed E-state index contributed by atoms with van der Waals surface area (Å²) >= 11 is 3.17. The molecule has 0 atom stereocenters. The molecule has 0 aliphatic rings. The SMILES string of the molecule is CC(=O)c1cc(Br)ccc1C(=O)O. The maximum Gasteiger partial charge on any atom is 0.336 e. The lowest BCUT2D eigenvalue weighted by Crippen LogP contribution is -2.05. The van der Waals surface area contributed by atoms with E-state index in [1.807, 2.05) is 0 Å². The molecule has 1 aromatic rings. The van der Waals surface area contributed by atoms with Crippen LogP contribution < -0.4 is 0 Å². The minimum Gasteiger partial charge on any atom is -0.478 e. The molecule has 68 valence electrons. The van der Waals surface area contributed by atoms with Gasteiger partial charge < -0.3 is 5.11 Å². The molecule has 3 nitrogen and oxygen atoms in total. The molecule has 0 fully saturated rings. The maximum absolute atomic E-state index is 11.0. The van der Waals surface area contributed by atoms with Gasteiger partial charge in [0, 0.05) is 10.0 Å². The van der Waals surface area contributed by atoms with Crippen LogP contribution in [0.25, 0.3) is 0 Å². The minimum atomic E-state index is -1.09. The van der Waals surface area contributed by atoms with Gasteiger partial charge in [-0.3, -0.25) is 4.79 Å². The van der Waals surface area contributed by atoms with Crippen LogP contribution in [0.1, 0.15) is 27.6 Å². The summed E-state index contributed by atoms with van der Waals surface area (Å²) in [6.45, 7) is 1.34. The maximum atomic E-state index is 11.0. The zero-order valence-electron chi connectivity index (χ0n) is 6.87. The van der Waals surface area contributed by atoms with Gasteiger partial charge in [-0.2, -0.15) is 0 Å². The molecule has 0 aliphatic carbocycles. The van der Waals surface area contributed by atoms with E-state index in [2.05, 4.69) is 15.9 Å². The van der Waals surface area contributed by atoms with Crippen molar-refractivity contribution in [3.8, 4) is 0 Å². The van der Waals surface area contributed by atoms with Crippen LogP contribution in [-0.2, 0) is 0 Å². The van der Waals surface area contributed by atoms with Crippen LogP contribution in [0.4, 0.5) is 0 Å². The van der Waals surface area contributed by atoms with Crippen LogP contribution in [0, 0.1) is 0 Å². The zero-order valence-corrected chi connectivity index (χ0v) is 8.46. The zero-order chi connectivity index (χ0) is 10.0. The predicted molar refractivity (Wildman–Crippen MR) is 51.1 cm³/mol. The molecule has 0 spiro atoms. The van der Waals surface area contributed by atoms with E-state index in [1.54, 1.807) is 6.07 Å². The van der Waals surface area contributed by atoms with E-state index in [4.69, 9.17) is 5.11 Å². The summed E-state index contributed by atoms with van der Waals surface area (Å²) in [6.07, 6.45) is 0. The largest absolute Gasteiger partial charge is 0.478 e. The average molecular weight is 243 g/mol. The second-order valence-corrected chi connectivity index (χ2v) is 3.47. The molecule has 0 unspecified atom stereocenters. The third kappa shape index (κ3) is 2.15. The first kappa shape index (κ1) is 9.92. The van der Waals surface area contributed by atoms with Crippen LogP contribution in [0.3, 0.4) is 0 Å². The Morgan fingerprint density at radius 2 is 1.92 bits per heavy atom. The Labute approximate surface area is 83.5 Å². The van der Waals surface area contributed by atoms with Crippen LogP contribution >= 0.6 is 15.9 Å². The van der Waals surface area contributed by atoms with Gasteiger partial charge in [-0.05, 0) is 25.1 Å². The molecule has 0 aliphatic heterocycles. The van der Waals surface area contributed by atoms with Gasteiger partial charge in [0.1, 0.15) is 0 Å². The molecule has 0 amide bonds. The van der Waals surface area contributed by atoms with Crippen LogP contribution in [0.2, 0.25) is 0 Å². The first-order valence-electron chi connectivity index (χ1n) is 3.56. The normalized spacial score (nSPS) is 9.69. The highest BCUT2D eigenvalue weighted by atomic mass is 79.9. The fourth-order valence-corrected chi connectivity index (χ4v) is 1.36. The fourth-order valence-electron chi connectivity index (χ4n) is 0.994. The van der Waals surface area contributed by atoms with Crippen molar-refractivity contribution in [2.24, 2.45) is 0 Å². The Hall–Kier alpha value is -1.16. The van der Waals surface area contributed by atoms with Gasteiger partial charge >= 0.3 is 5.97 Å². The third-order valence-corrected chi connectivity index (χ3v) is 2.08. The molecule has 1 aromatic carbocycles. The smallest absolute Gasteiger partial charge is 0.336 e. The lowest BCUT2D eigenvalue weighted by molar-refractivity contribution is 0.0692. The van der Waals surface area contributed by atoms with Crippen molar-refractivity contribution in [2.45, 2.75) is 6.92 Å². The molecule has 4 heteroatoms. The number of carboxylic acid groups (broad SMARTS) is 1. The highest BCUT2D eigenvalue weighted by molar-refractivity contribution is 9.10. The quantitative estimate of drug-likeness (QED) is 0.811. The number of ketones is 1. The highest BCUT2D eigenvalue weighted by Gasteiger charge is 2.12. The van der Waals surface area contributed by atoms with Crippen LogP contribution in [0.15, 0.2) is 22.7 Å². The number of carbonyl (C=O) groups excluding carboxylic acids is 1. The number of hydrogen-bond donors (Lipinski definition) is 1. The Kier molecular flexibility index (Phi) is 2.83. The molecular weight excluding hydrogens is 236 g/mol. The number of carbonyl (C=O) groups is 2. The lowest BCUT2D eigenvalue weighted by atomic mass is 10.1. The molecule has 0 radical (unpaired) electrons. The summed E-state index contributed by atoms with van der Waals surface area (Å²) < 4.78 is 0.697. The number of carboxylic acids is 1. The van der Waals surface area contributed by atoms with Gasteiger partial charge in [-0.25, -0.2) is 4.79 Å². The van der Waals surface area contributed by atoms with Crippen molar-refractivity contribution < 1.29 is 14.7 Å². The van der Waals surface area contributed by atoms with Crippen LogP contribution in [-0.4, -0.2) is 16.9 Å². The monoisotopic (exact) mass is 242 g/mol. The molecule has 13 heavy (non-hydrogen) atoms. The molecule has 0 aromatic heterocycles. The fraction of sp³-hybridized carbons (Fsp3) is 0.111. The number of aromatic carboxylic acids is 1. The van der Waals surface area contributed by atoms with Crippen molar-refractivity contribution in [2.75, 3.05) is 0 Å². The van der Waals surface area contributed by atoms with Gasteiger partial charge in [0.05, 0.1) is 5.56 Å². The standard InChI is InChI=1S/C9H7BrO3/c1-5(11)8-4-6(10)2-3-7(8)9(12)13/h2-4H,1H3,(H,12,13). The molecule has 1 N–H and O–H groups in total. The van der Waals surface area contributed by atoms with Crippen molar-refractivity contribution in [1.29, 1.82) is 0 Å². The lowest BCUT2D eigenvalue weighted by Gasteiger charge is -2.01. The van der Waals surface area contributed by atoms with E-state index in [0.29, 0.717) is 4.47 Å². The number of hydrogen-bond acceptors (Lipinski definition) is 2. The van der Waals surface area contributed by atoms with Crippen molar-refractivity contribution in [3.63, 3.8) is 0 Å². The van der Waals surface area contributed by atoms with Gasteiger partial charge in [-0.15, -0.1) is 0 Å². The van der Waals surface area contributed by atoms with E-state index in [0.717, 1.165) is 0 Å². The Balaban J connectivity index is 3.35. The molecule has 0 bridgehead atoms. The van der Waals surface area contributed by atoms with Gasteiger partial charge in [-0.1, -0.05) is 15.9 Å². The van der Waals surface area contributed by atoms with Gasteiger partial charge in [0.2, 0.25) is 0 Å². The summed E-state index contributed by atoms with van der Waals surface area (Å²) in [7, 11) is 0.